The van der Waals surface area contributed by atoms with Crippen LogP contribution in [-0.2, 0) is 0 Å². The summed E-state index contributed by atoms with van der Waals surface area (Å²) < 4.78 is 1.09. The summed E-state index contributed by atoms with van der Waals surface area (Å²) >= 11 is 1.57. The highest BCUT2D eigenvalue weighted by Crippen LogP contribution is 2.30. The van der Waals surface area contributed by atoms with E-state index in [2.05, 4.69) is 15.0 Å². The predicted octanol–water partition coefficient (Wildman–Crippen LogP) is 2.34. The van der Waals surface area contributed by atoms with E-state index in [1.165, 1.54) is 0 Å². The van der Waals surface area contributed by atoms with Crippen molar-refractivity contribution in [3.63, 3.8) is 0 Å². The minimum Gasteiger partial charge on any atom is -0.397 e. The monoisotopic (exact) mass is 228 g/mol. The molecule has 3 rings (SSSR count). The topological polar surface area (TPSA) is 64.7 Å². The highest BCUT2D eigenvalue weighted by atomic mass is 32.1. The van der Waals surface area contributed by atoms with Gasteiger partial charge in [0.05, 0.1) is 16.6 Å². The van der Waals surface area contributed by atoms with Crippen molar-refractivity contribution in [2.45, 2.75) is 0 Å². The number of nitrogens with two attached hydrogens (primary N) is 1. The summed E-state index contributed by atoms with van der Waals surface area (Å²) in [7, 11) is 0. The molecule has 0 bridgehead atoms. The lowest BCUT2D eigenvalue weighted by Crippen LogP contribution is -1.91. The van der Waals surface area contributed by atoms with Gasteiger partial charge in [-0.3, -0.25) is 9.97 Å². The fourth-order valence-corrected chi connectivity index (χ4v) is 2.43. The molecule has 0 spiro atoms. The van der Waals surface area contributed by atoms with Gasteiger partial charge in [-0.15, -0.1) is 11.3 Å². The highest BCUT2D eigenvalue weighted by Gasteiger charge is 2.09. The molecule has 0 aromatic carbocycles. The van der Waals surface area contributed by atoms with Crippen molar-refractivity contribution in [2.24, 2.45) is 0 Å². The molecule has 0 atom stereocenters. The SMILES string of the molecule is Nc1cccnc1-c1nc2cnccc2s1. The average molecular weight is 228 g/mol. The van der Waals surface area contributed by atoms with Crippen molar-refractivity contribution < 1.29 is 0 Å². The van der Waals surface area contributed by atoms with Crippen LogP contribution >= 0.6 is 11.3 Å². The zero-order valence-electron chi connectivity index (χ0n) is 8.29. The van der Waals surface area contributed by atoms with Gasteiger partial charge in [0.1, 0.15) is 16.2 Å². The molecule has 5 heteroatoms. The lowest BCUT2D eigenvalue weighted by molar-refractivity contribution is 1.30. The van der Waals surface area contributed by atoms with E-state index in [1.807, 2.05) is 18.2 Å². The highest BCUT2D eigenvalue weighted by molar-refractivity contribution is 7.21. The van der Waals surface area contributed by atoms with Crippen LogP contribution in [0.3, 0.4) is 0 Å². The first-order valence-electron chi connectivity index (χ1n) is 4.76. The number of pyridine rings is 2. The largest absolute Gasteiger partial charge is 0.397 e. The number of nitrogens with zero attached hydrogens (tertiary/aromatic N) is 3. The van der Waals surface area contributed by atoms with Crippen molar-refractivity contribution in [1.29, 1.82) is 0 Å². The smallest absolute Gasteiger partial charge is 0.145 e. The molecule has 16 heavy (non-hydrogen) atoms. The number of aromatic nitrogens is 3. The summed E-state index contributed by atoms with van der Waals surface area (Å²) in [6.07, 6.45) is 5.22. The Balaban J connectivity index is 2.23. The predicted molar refractivity (Wildman–Crippen MR) is 65.1 cm³/mol. The van der Waals surface area contributed by atoms with Gasteiger partial charge in [-0.25, -0.2) is 4.98 Å². The molecule has 0 aliphatic heterocycles. The summed E-state index contributed by atoms with van der Waals surface area (Å²) in [5, 5.41) is 0.834. The van der Waals surface area contributed by atoms with E-state index < -0.39 is 0 Å². The minimum atomic E-state index is 0.648. The van der Waals surface area contributed by atoms with Gasteiger partial charge in [0, 0.05) is 12.4 Å². The van der Waals surface area contributed by atoms with Crippen molar-refractivity contribution in [3.8, 4) is 10.7 Å². The summed E-state index contributed by atoms with van der Waals surface area (Å²) in [4.78, 5) is 12.7. The summed E-state index contributed by atoms with van der Waals surface area (Å²) in [6.45, 7) is 0. The minimum absolute atomic E-state index is 0.648. The van der Waals surface area contributed by atoms with Crippen LogP contribution in [0.2, 0.25) is 0 Å². The molecule has 0 unspecified atom stereocenters. The summed E-state index contributed by atoms with van der Waals surface area (Å²) in [5.41, 5.74) is 8.13. The fourth-order valence-electron chi connectivity index (χ4n) is 1.48. The molecule has 0 saturated heterocycles. The van der Waals surface area contributed by atoms with Crippen LogP contribution in [0.5, 0.6) is 0 Å². The Labute approximate surface area is 95.8 Å². The second-order valence-electron chi connectivity index (χ2n) is 3.30. The van der Waals surface area contributed by atoms with Gasteiger partial charge in [-0.05, 0) is 18.2 Å². The second-order valence-corrected chi connectivity index (χ2v) is 4.33. The normalized spacial score (nSPS) is 10.8. The van der Waals surface area contributed by atoms with Gasteiger partial charge in [-0.1, -0.05) is 0 Å². The molecule has 0 radical (unpaired) electrons. The molecule has 0 amide bonds. The van der Waals surface area contributed by atoms with Gasteiger partial charge >= 0.3 is 0 Å². The average Bonchev–Trinajstić information content (AvgIpc) is 2.73. The van der Waals surface area contributed by atoms with Crippen LogP contribution in [0.15, 0.2) is 36.8 Å². The Morgan fingerprint density at radius 2 is 2.12 bits per heavy atom. The third-order valence-electron chi connectivity index (χ3n) is 2.23. The molecular weight excluding hydrogens is 220 g/mol. The Hall–Kier alpha value is -2.01. The maximum absolute atomic E-state index is 5.86. The van der Waals surface area contributed by atoms with Gasteiger partial charge in [0.25, 0.3) is 0 Å². The van der Waals surface area contributed by atoms with Gasteiger partial charge in [-0.2, -0.15) is 0 Å². The van der Waals surface area contributed by atoms with E-state index >= 15 is 0 Å². The third kappa shape index (κ3) is 1.42. The third-order valence-corrected chi connectivity index (χ3v) is 3.27. The molecule has 78 valence electrons. The van der Waals surface area contributed by atoms with Crippen molar-refractivity contribution in [3.05, 3.63) is 36.8 Å². The maximum Gasteiger partial charge on any atom is 0.145 e. The number of nitrogen functional groups attached to an aromatic ring is 1. The lowest BCUT2D eigenvalue weighted by Gasteiger charge is -1.98. The fraction of sp³-hybridized carbons (Fsp3) is 0. The number of rotatable bonds is 1. The van der Waals surface area contributed by atoms with Crippen LogP contribution in [0.25, 0.3) is 20.9 Å². The van der Waals surface area contributed by atoms with E-state index in [-0.39, 0.29) is 0 Å². The molecule has 0 saturated carbocycles. The van der Waals surface area contributed by atoms with Gasteiger partial charge < -0.3 is 5.73 Å². The summed E-state index contributed by atoms with van der Waals surface area (Å²) in [6, 6.07) is 5.58. The number of fused-ring (bicyclic) bond motifs is 1. The van der Waals surface area contributed by atoms with E-state index in [4.69, 9.17) is 5.73 Å². The Morgan fingerprint density at radius 3 is 2.94 bits per heavy atom. The first-order chi connectivity index (χ1) is 7.84. The first-order valence-corrected chi connectivity index (χ1v) is 5.57. The molecule has 2 N–H and O–H groups in total. The lowest BCUT2D eigenvalue weighted by atomic mass is 10.3. The Bertz CT molecular complexity index is 614. The van der Waals surface area contributed by atoms with E-state index in [1.54, 1.807) is 29.9 Å². The molecule has 0 aliphatic rings. The molecule has 4 nitrogen and oxygen atoms in total. The van der Waals surface area contributed by atoms with E-state index in [0.29, 0.717) is 5.69 Å². The molecule has 3 aromatic rings. The van der Waals surface area contributed by atoms with Gasteiger partial charge in [0.15, 0.2) is 0 Å². The maximum atomic E-state index is 5.86. The number of hydrogen-bond acceptors (Lipinski definition) is 5. The zero-order chi connectivity index (χ0) is 11.0. The number of thiazole rings is 1. The number of hydrogen-bond donors (Lipinski definition) is 1. The molecule has 0 fully saturated rings. The first kappa shape index (κ1) is 9.23. The number of anilines is 1. The zero-order valence-corrected chi connectivity index (χ0v) is 9.11. The Kier molecular flexibility index (Phi) is 2.04. The van der Waals surface area contributed by atoms with Gasteiger partial charge in [0.2, 0.25) is 0 Å². The second kappa shape index (κ2) is 3.53. The molecule has 3 aromatic heterocycles. The van der Waals surface area contributed by atoms with E-state index in [0.717, 1.165) is 20.9 Å². The van der Waals surface area contributed by atoms with Crippen molar-refractivity contribution in [2.75, 3.05) is 5.73 Å². The Morgan fingerprint density at radius 1 is 1.19 bits per heavy atom. The van der Waals surface area contributed by atoms with Crippen molar-refractivity contribution in [1.82, 2.24) is 15.0 Å². The molecule has 3 heterocycles. The van der Waals surface area contributed by atoms with Crippen LogP contribution < -0.4 is 5.73 Å². The standard InChI is InChI=1S/C11H8N4S/c12-7-2-1-4-14-10(7)11-15-8-6-13-5-3-9(8)16-11/h1-6H,12H2. The molecular formula is C11H8N4S. The summed E-state index contributed by atoms with van der Waals surface area (Å²) in [5.74, 6) is 0. The van der Waals surface area contributed by atoms with Crippen LogP contribution in [-0.4, -0.2) is 15.0 Å². The van der Waals surface area contributed by atoms with Crippen molar-refractivity contribution >= 4 is 27.2 Å². The quantitative estimate of drug-likeness (QED) is 0.694. The molecule has 0 aliphatic carbocycles. The van der Waals surface area contributed by atoms with Crippen LogP contribution in [0, 0.1) is 0 Å². The van der Waals surface area contributed by atoms with Crippen LogP contribution in [0.4, 0.5) is 5.69 Å². The van der Waals surface area contributed by atoms with Crippen LogP contribution in [0.1, 0.15) is 0 Å². The van der Waals surface area contributed by atoms with E-state index in [9.17, 15) is 0 Å².